The minimum atomic E-state index is -0.227. The van der Waals surface area contributed by atoms with Crippen LogP contribution in [0.1, 0.15) is 43.2 Å². The van der Waals surface area contributed by atoms with Crippen molar-refractivity contribution in [1.29, 1.82) is 10.5 Å². The first-order valence-corrected chi connectivity index (χ1v) is 27.4. The van der Waals surface area contributed by atoms with E-state index in [-0.39, 0.29) is 34.6 Å². The highest BCUT2D eigenvalue weighted by atomic mass is 16.2. The number of pyridine rings is 6. The maximum absolute atomic E-state index is 13.3. The van der Waals surface area contributed by atoms with Gasteiger partial charge >= 0.3 is 0 Å². The molecule has 20 nitrogen and oxygen atoms in total. The Hall–Kier alpha value is -11.1. The summed E-state index contributed by atoms with van der Waals surface area (Å²) in [5, 5.41) is 18.6. The molecule has 2 saturated heterocycles. The van der Waals surface area contributed by atoms with Gasteiger partial charge in [0.1, 0.15) is 46.2 Å². The third kappa shape index (κ3) is 10.3. The fraction of sp³-hybridized carbons (Fsp3) is 0.156. The first-order valence-electron chi connectivity index (χ1n) is 27.4. The van der Waals surface area contributed by atoms with Crippen molar-refractivity contribution in [2.75, 3.05) is 63.8 Å². The SMILES string of the molecule is N#Cc1ccc(C(=O)N2CCN(Cc3ccc(-n4c(-c5ccc(-c6cnc7c(c6)nc(-c6cccnc6N)n7-c6ccc(CN7CCN(C(=O)c8ncccc8C#N)CC7)cc6)nc5N)nc5cc(-c6ccccc6)cnc54)cc3)CC2)cn1. The van der Waals surface area contributed by atoms with Crippen molar-refractivity contribution in [3.05, 3.63) is 204 Å². The predicted octanol–water partition coefficient (Wildman–Crippen LogP) is 8.23. The number of nitriles is 2. The Morgan fingerprint density at radius 3 is 1.63 bits per heavy atom. The van der Waals surface area contributed by atoms with Gasteiger partial charge in [-0.25, -0.2) is 39.9 Å². The normalized spacial score (nSPS) is 13.9. The van der Waals surface area contributed by atoms with Gasteiger partial charge in [-0.3, -0.25) is 28.5 Å². The number of hydrogen-bond acceptors (Lipinski definition) is 16. The molecule has 0 aliphatic carbocycles. The molecule has 2 aliphatic heterocycles. The fourth-order valence-electron chi connectivity index (χ4n) is 11.0. The summed E-state index contributed by atoms with van der Waals surface area (Å²) in [7, 11) is 0. The van der Waals surface area contributed by atoms with Gasteiger partial charge in [0.05, 0.1) is 27.9 Å². The molecular formula is C64H52N18O2. The van der Waals surface area contributed by atoms with Crippen LogP contribution in [-0.4, -0.2) is 133 Å². The van der Waals surface area contributed by atoms with Gasteiger partial charge in [-0.15, -0.1) is 0 Å². The molecule has 0 bridgehead atoms. The summed E-state index contributed by atoms with van der Waals surface area (Å²) < 4.78 is 4.00. The first-order chi connectivity index (χ1) is 41.2. The van der Waals surface area contributed by atoms with Gasteiger partial charge in [0.25, 0.3) is 11.8 Å². The van der Waals surface area contributed by atoms with E-state index in [0.717, 1.165) is 33.6 Å². The molecule has 0 saturated carbocycles. The number of aromatic nitrogens is 10. The lowest BCUT2D eigenvalue weighted by Crippen LogP contribution is -2.48. The van der Waals surface area contributed by atoms with E-state index in [1.807, 2.05) is 105 Å². The van der Waals surface area contributed by atoms with E-state index < -0.39 is 0 Å². The Kier molecular flexibility index (Phi) is 14.0. The van der Waals surface area contributed by atoms with Crippen molar-refractivity contribution in [3.8, 4) is 68.7 Å². The van der Waals surface area contributed by atoms with Crippen molar-refractivity contribution >= 4 is 45.8 Å². The minimum Gasteiger partial charge on any atom is -0.383 e. The van der Waals surface area contributed by atoms with E-state index in [0.29, 0.717) is 133 Å². The number of hydrogen-bond donors (Lipinski definition) is 2. The second-order valence-electron chi connectivity index (χ2n) is 20.6. The monoisotopic (exact) mass is 1100 g/mol. The highest BCUT2D eigenvalue weighted by Crippen LogP contribution is 2.36. The number of anilines is 2. The molecule has 410 valence electrons. The Morgan fingerprint density at radius 2 is 1.06 bits per heavy atom. The topological polar surface area (TPSA) is 260 Å². The number of piperazine rings is 2. The third-order valence-electron chi connectivity index (χ3n) is 15.4. The van der Waals surface area contributed by atoms with E-state index in [2.05, 4.69) is 67.2 Å². The predicted molar refractivity (Wildman–Crippen MR) is 318 cm³/mol. The molecule has 4 N–H and O–H groups in total. The zero-order valence-corrected chi connectivity index (χ0v) is 45.4. The van der Waals surface area contributed by atoms with Gasteiger partial charge in [0, 0.05) is 119 Å². The lowest BCUT2D eigenvalue weighted by atomic mass is 10.1. The van der Waals surface area contributed by atoms with Crippen molar-refractivity contribution in [3.63, 3.8) is 0 Å². The number of imidazole rings is 2. The standard InChI is InChI=1S/C64H52N18O2/c65-34-44-8-4-22-69-56(44)64(84)80-30-26-78(27-31-80)40-42-10-16-49(17-11-42)81-59(51-9-5-23-70-57(51)67)76-55-33-47(38-73-62(55)81)53-21-20-52(58(68)74-53)60-75-54-32-46(43-6-2-1-3-7-43)37-72-61(54)82(60)50-18-12-41(13-19-50)39-77-24-28-79(29-25-77)63(83)45-14-15-48(35-66)71-36-45/h1-23,32-33,36-38H,24-31,39-40H2,(H2,67,70)(H2,68,74). The maximum Gasteiger partial charge on any atom is 0.273 e. The number of nitrogen functional groups attached to an aromatic ring is 2. The van der Waals surface area contributed by atoms with Crippen LogP contribution in [0.15, 0.2) is 171 Å². The van der Waals surface area contributed by atoms with Gasteiger partial charge in [0.2, 0.25) is 0 Å². The third-order valence-corrected chi connectivity index (χ3v) is 15.4. The molecule has 3 aromatic carbocycles. The summed E-state index contributed by atoms with van der Waals surface area (Å²) in [5.41, 5.74) is 25.7. The van der Waals surface area contributed by atoms with Crippen LogP contribution in [0.25, 0.3) is 78.9 Å². The van der Waals surface area contributed by atoms with Crippen LogP contribution in [0.3, 0.4) is 0 Å². The van der Waals surface area contributed by atoms with E-state index in [9.17, 15) is 14.9 Å². The Balaban J connectivity index is 0.760. The fourth-order valence-corrected chi connectivity index (χ4v) is 11.0. The molecule has 84 heavy (non-hydrogen) atoms. The Morgan fingerprint density at radius 1 is 0.488 bits per heavy atom. The molecule has 0 spiro atoms. The van der Waals surface area contributed by atoms with Crippen LogP contribution in [-0.2, 0) is 13.1 Å². The number of carbonyl (C=O) groups excluding carboxylic acids is 2. The average molecular weight is 1110 g/mol. The Bertz CT molecular complexity index is 4380. The quantitative estimate of drug-likeness (QED) is 0.117. The number of benzene rings is 3. The number of fused-ring (bicyclic) bond motifs is 2. The molecule has 11 aromatic rings. The first kappa shape index (κ1) is 52.3. The number of amides is 2. The van der Waals surface area contributed by atoms with Gasteiger partial charge in [-0.05, 0) is 102 Å². The Labute approximate surface area is 482 Å². The van der Waals surface area contributed by atoms with Crippen LogP contribution < -0.4 is 11.5 Å². The minimum absolute atomic E-state index is 0.0877. The van der Waals surface area contributed by atoms with E-state index in [4.69, 9.17) is 41.6 Å². The zero-order valence-electron chi connectivity index (χ0n) is 45.4. The van der Waals surface area contributed by atoms with Crippen molar-refractivity contribution in [2.45, 2.75) is 13.1 Å². The molecule has 8 aromatic heterocycles. The second kappa shape index (κ2) is 22.5. The molecule has 20 heteroatoms. The van der Waals surface area contributed by atoms with Crippen molar-refractivity contribution in [2.24, 2.45) is 0 Å². The van der Waals surface area contributed by atoms with Gasteiger partial charge in [-0.1, -0.05) is 54.6 Å². The van der Waals surface area contributed by atoms with Crippen molar-refractivity contribution in [1.82, 2.24) is 68.6 Å². The smallest absolute Gasteiger partial charge is 0.273 e. The van der Waals surface area contributed by atoms with E-state index in [1.165, 1.54) is 12.4 Å². The largest absolute Gasteiger partial charge is 0.383 e. The van der Waals surface area contributed by atoms with Gasteiger partial charge < -0.3 is 21.3 Å². The average Bonchev–Trinajstić information content (AvgIpc) is 3.80. The molecule has 0 unspecified atom stereocenters. The maximum atomic E-state index is 13.3. The highest BCUT2D eigenvalue weighted by molar-refractivity contribution is 5.95. The number of rotatable bonds is 12. The van der Waals surface area contributed by atoms with E-state index in [1.54, 1.807) is 41.6 Å². The number of carbonyl (C=O) groups is 2. The van der Waals surface area contributed by atoms with Gasteiger partial charge in [-0.2, -0.15) is 10.5 Å². The highest BCUT2D eigenvalue weighted by Gasteiger charge is 2.27. The number of nitrogens with two attached hydrogens (primary N) is 2. The lowest BCUT2D eigenvalue weighted by molar-refractivity contribution is 0.0618. The molecule has 10 heterocycles. The zero-order chi connectivity index (χ0) is 57.3. The summed E-state index contributed by atoms with van der Waals surface area (Å²) >= 11 is 0. The van der Waals surface area contributed by atoms with E-state index >= 15 is 0 Å². The summed E-state index contributed by atoms with van der Waals surface area (Å²) in [6.45, 7) is 6.38. The van der Waals surface area contributed by atoms with Crippen molar-refractivity contribution < 1.29 is 9.59 Å². The van der Waals surface area contributed by atoms with Crippen LogP contribution in [0.4, 0.5) is 11.6 Å². The number of nitrogens with zero attached hydrogens (tertiary/aromatic N) is 16. The molecule has 13 rings (SSSR count). The summed E-state index contributed by atoms with van der Waals surface area (Å²) in [4.78, 5) is 72.7. The van der Waals surface area contributed by atoms with Crippen LogP contribution in [0, 0.1) is 22.7 Å². The summed E-state index contributed by atoms with van der Waals surface area (Å²) in [6.07, 6.45) is 8.29. The van der Waals surface area contributed by atoms with Crippen LogP contribution in [0.5, 0.6) is 0 Å². The summed E-state index contributed by atoms with van der Waals surface area (Å²) in [5.74, 6) is 1.43. The molecule has 2 amide bonds. The van der Waals surface area contributed by atoms with Crippen LogP contribution in [0.2, 0.25) is 0 Å². The molecular weight excluding hydrogens is 1050 g/mol. The molecule has 0 radical (unpaired) electrons. The molecule has 2 aliphatic rings. The molecule has 0 atom stereocenters. The lowest BCUT2D eigenvalue weighted by Gasteiger charge is -2.34. The second-order valence-corrected chi connectivity index (χ2v) is 20.6. The van der Waals surface area contributed by atoms with Crippen LogP contribution >= 0.6 is 0 Å². The van der Waals surface area contributed by atoms with Gasteiger partial charge in [0.15, 0.2) is 22.9 Å². The summed E-state index contributed by atoms with van der Waals surface area (Å²) in [6, 6.07) is 48.8. The molecule has 2 fully saturated rings.